The van der Waals surface area contributed by atoms with Gasteiger partial charge < -0.3 is 10.2 Å². The lowest BCUT2D eigenvalue weighted by Crippen LogP contribution is -2.50. The highest BCUT2D eigenvalue weighted by Gasteiger charge is 2.35. The van der Waals surface area contributed by atoms with E-state index in [0.717, 1.165) is 35.6 Å². The molecule has 1 aliphatic heterocycles. The van der Waals surface area contributed by atoms with Crippen LogP contribution in [0.2, 0.25) is 0 Å². The van der Waals surface area contributed by atoms with Crippen molar-refractivity contribution in [2.24, 2.45) is 17.8 Å². The fourth-order valence-corrected chi connectivity index (χ4v) is 5.15. The third kappa shape index (κ3) is 4.37. The van der Waals surface area contributed by atoms with Crippen LogP contribution >= 0.6 is 11.8 Å². The molecule has 1 heterocycles. The van der Waals surface area contributed by atoms with Crippen LogP contribution in [0.25, 0.3) is 0 Å². The Kier molecular flexibility index (Phi) is 6.04. The van der Waals surface area contributed by atoms with Crippen LogP contribution < -0.4 is 5.32 Å². The quantitative estimate of drug-likeness (QED) is 0.854. The molecule has 0 aromatic rings. The molecule has 0 amide bonds. The van der Waals surface area contributed by atoms with Crippen LogP contribution in [0.1, 0.15) is 40.5 Å². The molecule has 1 saturated carbocycles. The molecule has 5 unspecified atom stereocenters. The zero-order valence-electron chi connectivity index (χ0n) is 13.2. The van der Waals surface area contributed by atoms with Gasteiger partial charge in [-0.3, -0.25) is 0 Å². The third-order valence-electron chi connectivity index (χ3n) is 4.94. The van der Waals surface area contributed by atoms with Crippen LogP contribution in [-0.4, -0.2) is 48.1 Å². The number of thioether (sulfide) groups is 1. The van der Waals surface area contributed by atoms with E-state index < -0.39 is 0 Å². The van der Waals surface area contributed by atoms with E-state index in [1.165, 1.54) is 38.2 Å². The van der Waals surface area contributed by atoms with Crippen molar-refractivity contribution in [3.63, 3.8) is 0 Å². The Labute approximate surface area is 124 Å². The minimum Gasteiger partial charge on any atom is -0.314 e. The molecular formula is C16H32N2S. The van der Waals surface area contributed by atoms with Gasteiger partial charge in [0.2, 0.25) is 0 Å². The number of hydrogen-bond donors (Lipinski definition) is 1. The van der Waals surface area contributed by atoms with Crippen molar-refractivity contribution in [3.8, 4) is 0 Å². The summed E-state index contributed by atoms with van der Waals surface area (Å²) in [5.41, 5.74) is 0. The molecule has 2 aliphatic rings. The Balaban J connectivity index is 1.94. The maximum absolute atomic E-state index is 3.76. The largest absolute Gasteiger partial charge is 0.314 e. The highest BCUT2D eigenvalue weighted by Crippen LogP contribution is 2.35. The van der Waals surface area contributed by atoms with Gasteiger partial charge in [0.1, 0.15) is 0 Å². The van der Waals surface area contributed by atoms with Crippen molar-refractivity contribution in [2.45, 2.75) is 51.8 Å². The van der Waals surface area contributed by atoms with E-state index in [1.54, 1.807) is 0 Å². The van der Waals surface area contributed by atoms with Gasteiger partial charge in [0, 0.05) is 36.7 Å². The smallest absolute Gasteiger partial charge is 0.0147 e. The van der Waals surface area contributed by atoms with Crippen LogP contribution in [-0.2, 0) is 0 Å². The highest BCUT2D eigenvalue weighted by atomic mass is 32.2. The SMILES string of the molecule is CCNC1CC(C)CC(C)C1CN1CCSC(C)C1. The Hall–Kier alpha value is 0.270. The normalized spacial score (nSPS) is 41.4. The number of hydrogen-bond acceptors (Lipinski definition) is 3. The summed E-state index contributed by atoms with van der Waals surface area (Å²) in [6, 6.07) is 0.744. The van der Waals surface area contributed by atoms with Gasteiger partial charge in [-0.2, -0.15) is 11.8 Å². The average molecular weight is 285 g/mol. The second-order valence-electron chi connectivity index (χ2n) is 6.82. The zero-order valence-corrected chi connectivity index (χ0v) is 14.0. The first-order chi connectivity index (χ1) is 9.10. The zero-order chi connectivity index (χ0) is 13.8. The molecule has 1 aliphatic carbocycles. The predicted octanol–water partition coefficient (Wildman–Crippen LogP) is 3.08. The molecule has 0 spiro atoms. The van der Waals surface area contributed by atoms with Crippen LogP contribution in [0.15, 0.2) is 0 Å². The summed E-state index contributed by atoms with van der Waals surface area (Å²) in [5.74, 6) is 3.94. The first-order valence-corrected chi connectivity index (χ1v) is 9.22. The van der Waals surface area contributed by atoms with Crippen molar-refractivity contribution in [2.75, 3.05) is 31.9 Å². The summed E-state index contributed by atoms with van der Waals surface area (Å²) in [7, 11) is 0. The maximum atomic E-state index is 3.76. The number of rotatable bonds is 4. The van der Waals surface area contributed by atoms with Gasteiger partial charge in [-0.25, -0.2) is 0 Å². The van der Waals surface area contributed by atoms with Gasteiger partial charge in [-0.1, -0.05) is 27.7 Å². The van der Waals surface area contributed by atoms with E-state index in [9.17, 15) is 0 Å². The standard InChI is InChI=1S/C16H32N2S/c1-5-17-16-9-12(2)8-13(3)15(16)11-18-6-7-19-14(4)10-18/h12-17H,5-11H2,1-4H3. The molecule has 19 heavy (non-hydrogen) atoms. The van der Waals surface area contributed by atoms with Gasteiger partial charge in [0.15, 0.2) is 0 Å². The Morgan fingerprint density at radius 3 is 2.68 bits per heavy atom. The number of nitrogens with zero attached hydrogens (tertiary/aromatic N) is 1. The van der Waals surface area contributed by atoms with Crippen molar-refractivity contribution in [3.05, 3.63) is 0 Å². The van der Waals surface area contributed by atoms with E-state index in [-0.39, 0.29) is 0 Å². The monoisotopic (exact) mass is 284 g/mol. The van der Waals surface area contributed by atoms with Gasteiger partial charge >= 0.3 is 0 Å². The molecule has 0 aromatic heterocycles. The number of nitrogens with one attached hydrogen (secondary N) is 1. The summed E-state index contributed by atoms with van der Waals surface area (Å²) in [5, 5.41) is 4.59. The van der Waals surface area contributed by atoms with E-state index in [0.29, 0.717) is 0 Å². The Morgan fingerprint density at radius 2 is 2.00 bits per heavy atom. The summed E-state index contributed by atoms with van der Waals surface area (Å²) < 4.78 is 0. The highest BCUT2D eigenvalue weighted by molar-refractivity contribution is 7.99. The fourth-order valence-electron chi connectivity index (χ4n) is 4.07. The summed E-state index contributed by atoms with van der Waals surface area (Å²) >= 11 is 2.14. The molecule has 2 rings (SSSR count). The Bertz CT molecular complexity index is 271. The lowest BCUT2D eigenvalue weighted by atomic mass is 9.72. The molecular weight excluding hydrogens is 252 g/mol. The Morgan fingerprint density at radius 1 is 1.21 bits per heavy atom. The molecule has 0 aromatic carbocycles. The molecule has 5 atom stereocenters. The first-order valence-electron chi connectivity index (χ1n) is 8.17. The molecule has 1 saturated heterocycles. The van der Waals surface area contributed by atoms with Gasteiger partial charge in [0.05, 0.1) is 0 Å². The van der Waals surface area contributed by atoms with Crippen molar-refractivity contribution in [1.82, 2.24) is 10.2 Å². The van der Waals surface area contributed by atoms with E-state index in [4.69, 9.17) is 0 Å². The van der Waals surface area contributed by atoms with Crippen LogP contribution in [0.5, 0.6) is 0 Å². The summed E-state index contributed by atoms with van der Waals surface area (Å²) in [4.78, 5) is 2.72. The second-order valence-corrected chi connectivity index (χ2v) is 8.37. The van der Waals surface area contributed by atoms with Crippen LogP contribution in [0.3, 0.4) is 0 Å². The lowest BCUT2D eigenvalue weighted by Gasteiger charge is -2.43. The van der Waals surface area contributed by atoms with Crippen molar-refractivity contribution < 1.29 is 0 Å². The van der Waals surface area contributed by atoms with Gasteiger partial charge in [0.25, 0.3) is 0 Å². The minimum atomic E-state index is 0.744. The van der Waals surface area contributed by atoms with E-state index in [1.807, 2.05) is 0 Å². The summed E-state index contributed by atoms with van der Waals surface area (Å²) in [6.07, 6.45) is 2.80. The molecule has 0 radical (unpaired) electrons. The fraction of sp³-hybridized carbons (Fsp3) is 1.00. The molecule has 3 heteroatoms. The van der Waals surface area contributed by atoms with Gasteiger partial charge in [-0.05, 0) is 37.1 Å². The van der Waals surface area contributed by atoms with Crippen molar-refractivity contribution in [1.29, 1.82) is 0 Å². The first kappa shape index (κ1) is 15.7. The lowest BCUT2D eigenvalue weighted by molar-refractivity contribution is 0.103. The van der Waals surface area contributed by atoms with Gasteiger partial charge in [-0.15, -0.1) is 0 Å². The van der Waals surface area contributed by atoms with Crippen LogP contribution in [0, 0.1) is 17.8 Å². The topological polar surface area (TPSA) is 15.3 Å². The molecule has 112 valence electrons. The molecule has 0 bridgehead atoms. The predicted molar refractivity (Wildman–Crippen MR) is 86.9 cm³/mol. The van der Waals surface area contributed by atoms with Crippen LogP contribution in [0.4, 0.5) is 0 Å². The second kappa shape index (κ2) is 7.33. The van der Waals surface area contributed by atoms with Crippen molar-refractivity contribution >= 4 is 11.8 Å². The third-order valence-corrected chi connectivity index (χ3v) is 6.08. The maximum Gasteiger partial charge on any atom is 0.0147 e. The van der Waals surface area contributed by atoms with E-state index >= 15 is 0 Å². The minimum absolute atomic E-state index is 0.744. The molecule has 2 fully saturated rings. The average Bonchev–Trinajstić information content (AvgIpc) is 2.34. The molecule has 2 nitrogen and oxygen atoms in total. The van der Waals surface area contributed by atoms with E-state index in [2.05, 4.69) is 49.7 Å². The molecule has 1 N–H and O–H groups in total. The summed E-state index contributed by atoms with van der Waals surface area (Å²) in [6.45, 7) is 14.6.